The first-order chi connectivity index (χ1) is 14.5. The Labute approximate surface area is 173 Å². The fourth-order valence-corrected chi connectivity index (χ4v) is 3.93. The number of fused-ring (bicyclic) bond motifs is 2. The number of amides is 4. The van der Waals surface area contributed by atoms with Gasteiger partial charge in [0.1, 0.15) is 12.1 Å². The molecule has 0 saturated carbocycles. The highest BCUT2D eigenvalue weighted by Crippen LogP contribution is 2.25. The second kappa shape index (κ2) is 7.98. The van der Waals surface area contributed by atoms with Gasteiger partial charge in [-0.1, -0.05) is 36.4 Å². The average Bonchev–Trinajstić information content (AvgIpc) is 2.88. The highest BCUT2D eigenvalue weighted by molar-refractivity contribution is 6.10. The standard InChI is InChI=1S/C22H22N4O4/c1-23-22(30)18-10-13-6-2-3-7-14(13)12-26(18)19(27)11-17-21(29)24-16-9-5-4-8-15(16)20(28)25-17/h2-9,17-18H,10-12H2,1H3,(H,23,30)(H,24,29)(H,25,28)/t17-,18-/m0/s1. The molecule has 0 saturated heterocycles. The van der Waals surface area contributed by atoms with E-state index in [9.17, 15) is 19.2 Å². The Balaban J connectivity index is 1.55. The van der Waals surface area contributed by atoms with E-state index in [0.29, 0.717) is 17.7 Å². The number of carbonyl (C=O) groups is 4. The highest BCUT2D eigenvalue weighted by Gasteiger charge is 2.37. The van der Waals surface area contributed by atoms with E-state index in [1.807, 2.05) is 24.3 Å². The van der Waals surface area contributed by atoms with E-state index >= 15 is 0 Å². The SMILES string of the molecule is CNC(=O)[C@@H]1Cc2ccccc2CN1C(=O)C[C@@H]1NC(=O)c2ccccc2NC1=O. The molecule has 4 rings (SSSR count). The van der Waals surface area contributed by atoms with Gasteiger partial charge in [-0.3, -0.25) is 19.2 Å². The first-order valence-corrected chi connectivity index (χ1v) is 9.76. The van der Waals surface area contributed by atoms with E-state index in [-0.39, 0.29) is 24.8 Å². The summed E-state index contributed by atoms with van der Waals surface area (Å²) in [5.74, 6) is -1.52. The van der Waals surface area contributed by atoms with Crippen molar-refractivity contribution in [2.24, 2.45) is 0 Å². The molecule has 0 spiro atoms. The van der Waals surface area contributed by atoms with Gasteiger partial charge in [0.2, 0.25) is 17.7 Å². The van der Waals surface area contributed by atoms with Crippen molar-refractivity contribution >= 4 is 29.3 Å². The number of likely N-dealkylation sites (N-methyl/N-ethyl adjacent to an activating group) is 1. The van der Waals surface area contributed by atoms with E-state index < -0.39 is 23.9 Å². The molecule has 0 radical (unpaired) electrons. The predicted octanol–water partition coefficient (Wildman–Crippen LogP) is 0.827. The maximum Gasteiger partial charge on any atom is 0.254 e. The Hall–Kier alpha value is -3.68. The Morgan fingerprint density at radius 1 is 1.07 bits per heavy atom. The third-order valence-electron chi connectivity index (χ3n) is 5.55. The molecule has 8 heteroatoms. The number of hydrogen-bond donors (Lipinski definition) is 3. The number of carbonyl (C=O) groups excluding carboxylic acids is 4. The summed E-state index contributed by atoms with van der Waals surface area (Å²) in [6.07, 6.45) is 0.164. The van der Waals surface area contributed by atoms with E-state index in [2.05, 4.69) is 16.0 Å². The zero-order valence-electron chi connectivity index (χ0n) is 16.5. The summed E-state index contributed by atoms with van der Waals surface area (Å²) in [5.41, 5.74) is 2.74. The molecule has 0 aliphatic carbocycles. The third kappa shape index (κ3) is 3.63. The molecular weight excluding hydrogens is 384 g/mol. The Kier molecular flexibility index (Phi) is 5.22. The lowest BCUT2D eigenvalue weighted by Crippen LogP contribution is -2.54. The monoisotopic (exact) mass is 406 g/mol. The largest absolute Gasteiger partial charge is 0.357 e. The molecule has 30 heavy (non-hydrogen) atoms. The fraction of sp³-hybridized carbons (Fsp3) is 0.273. The molecule has 2 aromatic carbocycles. The van der Waals surface area contributed by atoms with Crippen molar-refractivity contribution in [3.63, 3.8) is 0 Å². The molecule has 0 unspecified atom stereocenters. The van der Waals surface area contributed by atoms with Crippen LogP contribution in [0.2, 0.25) is 0 Å². The lowest BCUT2D eigenvalue weighted by Gasteiger charge is -2.36. The van der Waals surface area contributed by atoms with Gasteiger partial charge in [-0.2, -0.15) is 0 Å². The average molecular weight is 406 g/mol. The van der Waals surface area contributed by atoms with Crippen LogP contribution in [0, 0.1) is 0 Å². The van der Waals surface area contributed by atoms with Crippen molar-refractivity contribution < 1.29 is 19.2 Å². The zero-order valence-corrected chi connectivity index (χ0v) is 16.5. The second-order valence-electron chi connectivity index (χ2n) is 7.39. The second-order valence-corrected chi connectivity index (χ2v) is 7.39. The summed E-state index contributed by atoms with van der Waals surface area (Å²) in [4.78, 5) is 52.2. The van der Waals surface area contributed by atoms with E-state index in [0.717, 1.165) is 11.1 Å². The van der Waals surface area contributed by atoms with Crippen molar-refractivity contribution in [1.82, 2.24) is 15.5 Å². The van der Waals surface area contributed by atoms with Crippen molar-refractivity contribution in [3.8, 4) is 0 Å². The zero-order chi connectivity index (χ0) is 21.3. The minimum Gasteiger partial charge on any atom is -0.357 e. The van der Waals surface area contributed by atoms with E-state index in [1.165, 1.54) is 11.9 Å². The topological polar surface area (TPSA) is 108 Å². The molecule has 0 bridgehead atoms. The number of nitrogens with one attached hydrogen (secondary N) is 3. The minimum atomic E-state index is -1.03. The number of para-hydroxylation sites is 1. The van der Waals surface area contributed by atoms with Gasteiger partial charge in [0.05, 0.1) is 17.7 Å². The fourth-order valence-electron chi connectivity index (χ4n) is 3.93. The summed E-state index contributed by atoms with van der Waals surface area (Å²) in [7, 11) is 1.53. The van der Waals surface area contributed by atoms with Gasteiger partial charge in [-0.25, -0.2) is 0 Å². The van der Waals surface area contributed by atoms with Crippen LogP contribution in [0.25, 0.3) is 0 Å². The van der Waals surface area contributed by atoms with Crippen molar-refractivity contribution in [2.75, 3.05) is 12.4 Å². The maximum atomic E-state index is 13.2. The number of hydrogen-bond acceptors (Lipinski definition) is 4. The smallest absolute Gasteiger partial charge is 0.254 e. The minimum absolute atomic E-state index is 0.235. The van der Waals surface area contributed by atoms with Gasteiger partial charge in [-0.05, 0) is 23.3 Å². The number of anilines is 1. The number of benzene rings is 2. The molecule has 4 amide bonds. The van der Waals surface area contributed by atoms with Crippen LogP contribution in [0.4, 0.5) is 5.69 Å². The van der Waals surface area contributed by atoms with Crippen LogP contribution in [-0.2, 0) is 27.3 Å². The van der Waals surface area contributed by atoms with Crippen LogP contribution in [0.15, 0.2) is 48.5 Å². The van der Waals surface area contributed by atoms with Crippen LogP contribution in [0.3, 0.4) is 0 Å². The van der Waals surface area contributed by atoms with Crippen molar-refractivity contribution in [3.05, 3.63) is 65.2 Å². The molecule has 3 N–H and O–H groups in total. The first kappa shape index (κ1) is 19.6. The summed E-state index contributed by atoms with van der Waals surface area (Å²) in [6.45, 7) is 0.273. The highest BCUT2D eigenvalue weighted by atomic mass is 16.2. The summed E-state index contributed by atoms with van der Waals surface area (Å²) in [5, 5.41) is 7.94. The number of rotatable bonds is 3. The predicted molar refractivity (Wildman–Crippen MR) is 109 cm³/mol. The molecule has 2 atom stereocenters. The normalized spacial score (nSPS) is 20.2. The molecule has 2 aliphatic rings. The molecular formula is C22H22N4O4. The Bertz CT molecular complexity index is 1040. The molecule has 0 fully saturated rings. The van der Waals surface area contributed by atoms with Gasteiger partial charge in [0, 0.05) is 20.0 Å². The lowest BCUT2D eigenvalue weighted by atomic mass is 9.93. The maximum absolute atomic E-state index is 13.2. The summed E-state index contributed by atoms with van der Waals surface area (Å²) >= 11 is 0. The molecule has 2 aromatic rings. The Morgan fingerprint density at radius 3 is 2.53 bits per heavy atom. The van der Waals surface area contributed by atoms with Crippen LogP contribution in [0.1, 0.15) is 27.9 Å². The Morgan fingerprint density at radius 2 is 1.77 bits per heavy atom. The number of nitrogens with zero attached hydrogens (tertiary/aromatic N) is 1. The van der Waals surface area contributed by atoms with Crippen molar-refractivity contribution in [1.29, 1.82) is 0 Å². The van der Waals surface area contributed by atoms with Crippen LogP contribution >= 0.6 is 0 Å². The van der Waals surface area contributed by atoms with Crippen LogP contribution < -0.4 is 16.0 Å². The summed E-state index contributed by atoms with van der Waals surface area (Å²) < 4.78 is 0. The van der Waals surface area contributed by atoms with Gasteiger partial charge in [0.25, 0.3) is 5.91 Å². The molecule has 8 nitrogen and oxygen atoms in total. The van der Waals surface area contributed by atoms with Crippen LogP contribution in [-0.4, -0.2) is 47.7 Å². The molecule has 2 heterocycles. The molecule has 2 aliphatic heterocycles. The summed E-state index contributed by atoms with van der Waals surface area (Å²) in [6, 6.07) is 12.6. The van der Waals surface area contributed by atoms with Gasteiger partial charge < -0.3 is 20.9 Å². The first-order valence-electron chi connectivity index (χ1n) is 9.76. The third-order valence-corrected chi connectivity index (χ3v) is 5.55. The van der Waals surface area contributed by atoms with E-state index in [4.69, 9.17) is 0 Å². The molecule has 154 valence electrons. The lowest BCUT2D eigenvalue weighted by molar-refractivity contribution is -0.142. The van der Waals surface area contributed by atoms with Gasteiger partial charge in [-0.15, -0.1) is 0 Å². The van der Waals surface area contributed by atoms with Gasteiger partial charge >= 0.3 is 0 Å². The molecule has 0 aromatic heterocycles. The van der Waals surface area contributed by atoms with Crippen molar-refractivity contribution in [2.45, 2.75) is 31.5 Å². The quantitative estimate of drug-likeness (QED) is 0.702. The van der Waals surface area contributed by atoms with E-state index in [1.54, 1.807) is 24.3 Å². The van der Waals surface area contributed by atoms with Crippen LogP contribution in [0.5, 0.6) is 0 Å². The van der Waals surface area contributed by atoms with Gasteiger partial charge in [0.15, 0.2) is 0 Å².